The fourth-order valence-electron chi connectivity index (χ4n) is 6.52. The molecule has 1 aliphatic heterocycles. The first-order chi connectivity index (χ1) is 20.4. The molecule has 0 saturated heterocycles. The third-order valence-corrected chi connectivity index (χ3v) is 23.9. The highest BCUT2D eigenvalue weighted by atomic mass is 28.3. The van der Waals surface area contributed by atoms with Gasteiger partial charge in [-0.2, -0.15) is 0 Å². The minimum Gasteiger partial charge on any atom is -0.127 e. The molecule has 3 aromatic carbocycles. The van der Waals surface area contributed by atoms with E-state index in [0.29, 0.717) is 0 Å². The fourth-order valence-corrected chi connectivity index (χ4v) is 15.5. The summed E-state index contributed by atoms with van der Waals surface area (Å²) in [5.74, 6) is 8.07. The second-order valence-corrected chi connectivity index (χ2v) is 25.6. The van der Waals surface area contributed by atoms with E-state index in [9.17, 15) is 0 Å². The lowest BCUT2D eigenvalue weighted by Crippen LogP contribution is -2.48. The van der Waals surface area contributed by atoms with Crippen molar-refractivity contribution in [1.29, 1.82) is 0 Å². The zero-order valence-corrected chi connectivity index (χ0v) is 29.9. The largest absolute Gasteiger partial charge is 0.167 e. The van der Waals surface area contributed by atoms with Crippen molar-refractivity contribution in [3.63, 3.8) is 0 Å². The Bertz CT molecular complexity index is 1420. The van der Waals surface area contributed by atoms with Crippen LogP contribution in [0.5, 0.6) is 0 Å². The molecule has 0 fully saturated rings. The molecule has 0 aliphatic carbocycles. The molecule has 0 aromatic heterocycles. The van der Waals surface area contributed by atoms with Crippen molar-refractivity contribution in [2.45, 2.75) is 84.4 Å². The first-order valence-electron chi connectivity index (χ1n) is 16.1. The molecule has 3 aromatic rings. The summed E-state index contributed by atoms with van der Waals surface area (Å²) >= 11 is 0. The van der Waals surface area contributed by atoms with Crippen LogP contribution < -0.4 is 5.19 Å². The van der Waals surface area contributed by atoms with Gasteiger partial charge in [-0.05, 0) is 63.7 Å². The first-order valence-corrected chi connectivity index (χ1v) is 23.8. The molecule has 0 N–H and O–H groups in total. The van der Waals surface area contributed by atoms with Gasteiger partial charge >= 0.3 is 0 Å². The molecule has 42 heavy (non-hydrogen) atoms. The van der Waals surface area contributed by atoms with Gasteiger partial charge in [-0.15, -0.1) is 11.1 Å². The van der Waals surface area contributed by atoms with Crippen LogP contribution in [-0.4, -0.2) is 24.2 Å². The quantitative estimate of drug-likeness (QED) is 0.169. The SMILES string of the molecule is CC[Si](C#CC1=C(c2ccccc2)C(c2ccccc2)=C(C#C[Si](CC)(CC)CC)[Si]1(C)c1ccccc1)(CC)CC. The predicted molar refractivity (Wildman–Crippen MR) is 194 cm³/mol. The molecule has 0 unspecified atom stereocenters. The van der Waals surface area contributed by atoms with Crippen LogP contribution in [0.3, 0.4) is 0 Å². The van der Waals surface area contributed by atoms with E-state index in [1.807, 2.05) is 0 Å². The van der Waals surface area contributed by atoms with Gasteiger partial charge in [0, 0.05) is 10.4 Å². The highest BCUT2D eigenvalue weighted by molar-refractivity contribution is 7.07. The normalized spacial score (nSPS) is 14.7. The Morgan fingerprint density at radius 3 is 1.10 bits per heavy atom. The summed E-state index contributed by atoms with van der Waals surface area (Å²) in [6, 6.07) is 40.5. The number of hydrogen-bond acceptors (Lipinski definition) is 0. The maximum absolute atomic E-state index is 4.05. The molecule has 4 rings (SSSR count). The summed E-state index contributed by atoms with van der Waals surface area (Å²) < 4.78 is 0. The Labute approximate surface area is 259 Å². The Morgan fingerprint density at radius 1 is 0.476 bits per heavy atom. The molecule has 1 aliphatic rings. The number of rotatable bonds is 9. The van der Waals surface area contributed by atoms with Gasteiger partial charge in [0.1, 0.15) is 16.1 Å². The van der Waals surface area contributed by atoms with Crippen molar-refractivity contribution >= 4 is 40.6 Å². The highest BCUT2D eigenvalue weighted by Gasteiger charge is 2.47. The van der Waals surface area contributed by atoms with Gasteiger partial charge in [0.25, 0.3) is 0 Å². The van der Waals surface area contributed by atoms with Crippen LogP contribution >= 0.6 is 0 Å². The smallest absolute Gasteiger partial charge is 0.127 e. The van der Waals surface area contributed by atoms with E-state index < -0.39 is 24.2 Å². The lowest BCUT2D eigenvalue weighted by Gasteiger charge is -2.27. The summed E-state index contributed by atoms with van der Waals surface area (Å²) in [6.45, 7) is 16.7. The van der Waals surface area contributed by atoms with Crippen LogP contribution in [0.1, 0.15) is 52.7 Å². The highest BCUT2D eigenvalue weighted by Crippen LogP contribution is 2.48. The molecule has 0 bridgehead atoms. The second kappa shape index (κ2) is 13.9. The Morgan fingerprint density at radius 2 is 0.786 bits per heavy atom. The zero-order chi connectivity index (χ0) is 30.2. The third-order valence-electron chi connectivity index (χ3n) is 10.2. The molecule has 0 saturated carbocycles. The average Bonchev–Trinajstić information content (AvgIpc) is 3.32. The van der Waals surface area contributed by atoms with Gasteiger partial charge in [0.05, 0.1) is 0 Å². The maximum Gasteiger partial charge on any atom is 0.167 e. The van der Waals surface area contributed by atoms with Crippen molar-refractivity contribution in [1.82, 2.24) is 0 Å². The van der Waals surface area contributed by atoms with Crippen molar-refractivity contribution in [3.05, 3.63) is 113 Å². The van der Waals surface area contributed by atoms with Crippen LogP contribution in [0.25, 0.3) is 11.1 Å². The zero-order valence-electron chi connectivity index (χ0n) is 26.9. The van der Waals surface area contributed by atoms with Crippen molar-refractivity contribution in [3.8, 4) is 22.9 Å². The predicted octanol–water partition coefficient (Wildman–Crippen LogP) is 10.1. The standard InChI is InChI=1S/C39H48Si3/c1-8-41(9-2,10-3)31-29-36-38(33-23-17-14-18-24-33)39(34-25-19-15-20-26-34)37(30-32-42(11-4,12-5)13-6)40(36,7)35-27-21-16-22-28-35/h14-28H,8-13H2,1-7H3. The van der Waals surface area contributed by atoms with Gasteiger partial charge in [0.15, 0.2) is 8.07 Å². The maximum atomic E-state index is 4.05. The summed E-state index contributed by atoms with van der Waals surface area (Å²) in [7, 11) is -5.91. The molecule has 216 valence electrons. The van der Waals surface area contributed by atoms with Crippen LogP contribution in [0.15, 0.2) is 101 Å². The van der Waals surface area contributed by atoms with Crippen molar-refractivity contribution in [2.24, 2.45) is 0 Å². The molecule has 0 spiro atoms. The average molecular weight is 601 g/mol. The van der Waals surface area contributed by atoms with E-state index in [2.05, 4.69) is 162 Å². The van der Waals surface area contributed by atoms with Crippen LogP contribution in [0.2, 0.25) is 42.8 Å². The molecule has 0 radical (unpaired) electrons. The van der Waals surface area contributed by atoms with Crippen molar-refractivity contribution in [2.75, 3.05) is 0 Å². The Kier molecular flexibility index (Phi) is 10.6. The van der Waals surface area contributed by atoms with Gasteiger partial charge in [0.2, 0.25) is 0 Å². The van der Waals surface area contributed by atoms with Gasteiger partial charge < -0.3 is 0 Å². The molecule has 0 amide bonds. The van der Waals surface area contributed by atoms with Gasteiger partial charge in [-0.3, -0.25) is 0 Å². The lowest BCUT2D eigenvalue weighted by atomic mass is 9.92. The van der Waals surface area contributed by atoms with Gasteiger partial charge in [-0.1, -0.05) is 151 Å². The van der Waals surface area contributed by atoms with Crippen molar-refractivity contribution < 1.29 is 0 Å². The summed E-state index contributed by atoms with van der Waals surface area (Å²) in [4.78, 5) is 0. The van der Waals surface area contributed by atoms with E-state index >= 15 is 0 Å². The molecule has 0 atom stereocenters. The molecular weight excluding hydrogens is 553 g/mol. The monoisotopic (exact) mass is 600 g/mol. The summed E-state index contributed by atoms with van der Waals surface area (Å²) in [6.07, 6.45) is 0. The van der Waals surface area contributed by atoms with E-state index in [1.54, 1.807) is 0 Å². The summed E-state index contributed by atoms with van der Waals surface area (Å²) in [5, 5.41) is 4.12. The topological polar surface area (TPSA) is 0 Å². The summed E-state index contributed by atoms with van der Waals surface area (Å²) in [5.41, 5.74) is 13.2. The molecule has 3 heteroatoms. The first kappa shape index (κ1) is 31.8. The molecular formula is C39H48Si3. The second-order valence-electron chi connectivity index (χ2n) is 11.9. The molecule has 1 heterocycles. The van der Waals surface area contributed by atoms with E-state index in [1.165, 1.54) is 74.1 Å². The molecule has 0 nitrogen and oxygen atoms in total. The van der Waals surface area contributed by atoms with Crippen LogP contribution in [0.4, 0.5) is 0 Å². The van der Waals surface area contributed by atoms with Gasteiger partial charge in [-0.25, -0.2) is 0 Å². The van der Waals surface area contributed by atoms with E-state index in [4.69, 9.17) is 0 Å². The Hall–Kier alpha value is -3.09. The lowest BCUT2D eigenvalue weighted by molar-refractivity contribution is 1.20. The fraction of sp³-hybridized carbons (Fsp3) is 0.333. The minimum absolute atomic E-state index is 1.20. The van der Waals surface area contributed by atoms with E-state index in [0.717, 1.165) is 0 Å². The number of benzene rings is 3. The Balaban J connectivity index is 2.21. The number of hydrogen-bond donors (Lipinski definition) is 0. The minimum atomic E-state index is -2.53. The van der Waals surface area contributed by atoms with Crippen LogP contribution in [0, 0.1) is 22.9 Å². The number of allylic oxidation sites excluding steroid dienone is 4. The van der Waals surface area contributed by atoms with Crippen LogP contribution in [-0.2, 0) is 0 Å². The van der Waals surface area contributed by atoms with E-state index in [-0.39, 0.29) is 0 Å². The third kappa shape index (κ3) is 6.02.